The van der Waals surface area contributed by atoms with Gasteiger partial charge < -0.3 is 4.74 Å². The van der Waals surface area contributed by atoms with E-state index in [0.717, 1.165) is 18.2 Å². The Labute approximate surface area is 93.4 Å². The highest BCUT2D eigenvalue weighted by Gasteiger charge is 2.31. The van der Waals surface area contributed by atoms with Gasteiger partial charge in [0.05, 0.1) is 0 Å². The van der Waals surface area contributed by atoms with E-state index in [1.807, 2.05) is 0 Å². The SMILES string of the molecule is O=C(Cl)c1ccc(OC(F)(F)F)c(S)c1. The second-order valence-electron chi connectivity index (χ2n) is 2.50. The van der Waals surface area contributed by atoms with Gasteiger partial charge >= 0.3 is 6.36 Å². The molecule has 0 radical (unpaired) electrons. The molecule has 0 aliphatic carbocycles. The van der Waals surface area contributed by atoms with Crippen molar-refractivity contribution in [2.75, 3.05) is 0 Å². The lowest BCUT2D eigenvalue weighted by Gasteiger charge is -2.10. The number of alkyl halides is 3. The lowest BCUT2D eigenvalue weighted by molar-refractivity contribution is -0.275. The Morgan fingerprint density at radius 2 is 2.00 bits per heavy atom. The summed E-state index contributed by atoms with van der Waals surface area (Å²) in [5, 5.41) is -0.774. The molecule has 0 fully saturated rings. The first-order valence-corrected chi connectivity index (χ1v) is 4.41. The zero-order chi connectivity index (χ0) is 11.6. The summed E-state index contributed by atoms with van der Waals surface area (Å²) in [6, 6.07) is 3.20. The average molecular weight is 257 g/mol. The van der Waals surface area contributed by atoms with Crippen LogP contribution in [0.1, 0.15) is 10.4 Å². The van der Waals surface area contributed by atoms with Crippen molar-refractivity contribution in [2.45, 2.75) is 11.3 Å². The molecule has 2 nitrogen and oxygen atoms in total. The molecule has 1 aromatic carbocycles. The topological polar surface area (TPSA) is 26.3 Å². The third-order valence-corrected chi connectivity index (χ3v) is 1.98. The Kier molecular flexibility index (Phi) is 3.51. The van der Waals surface area contributed by atoms with E-state index in [-0.39, 0.29) is 10.5 Å². The monoisotopic (exact) mass is 256 g/mol. The summed E-state index contributed by atoms with van der Waals surface area (Å²) in [6.45, 7) is 0. The number of ether oxygens (including phenoxy) is 1. The normalized spacial score (nSPS) is 11.3. The summed E-state index contributed by atoms with van der Waals surface area (Å²) in [4.78, 5) is 10.6. The van der Waals surface area contributed by atoms with E-state index in [1.165, 1.54) is 0 Å². The van der Waals surface area contributed by atoms with Crippen molar-refractivity contribution in [3.8, 4) is 5.75 Å². The lowest BCUT2D eigenvalue weighted by Crippen LogP contribution is -2.17. The summed E-state index contributed by atoms with van der Waals surface area (Å²) in [5.41, 5.74) is 0.0520. The molecule has 0 atom stereocenters. The largest absolute Gasteiger partial charge is 0.573 e. The second-order valence-corrected chi connectivity index (χ2v) is 3.33. The lowest BCUT2D eigenvalue weighted by atomic mass is 10.2. The minimum atomic E-state index is -4.79. The van der Waals surface area contributed by atoms with E-state index < -0.39 is 17.4 Å². The smallest absolute Gasteiger partial charge is 0.405 e. The van der Waals surface area contributed by atoms with Gasteiger partial charge in [-0.25, -0.2) is 0 Å². The van der Waals surface area contributed by atoms with Crippen LogP contribution < -0.4 is 4.74 Å². The molecule has 0 aliphatic rings. The first kappa shape index (κ1) is 12.2. The van der Waals surface area contributed by atoms with E-state index >= 15 is 0 Å². The number of halogens is 4. The number of thiol groups is 1. The third kappa shape index (κ3) is 3.64. The number of carbonyl (C=O) groups excluding carboxylic acids is 1. The van der Waals surface area contributed by atoms with E-state index in [4.69, 9.17) is 11.6 Å². The molecule has 0 aromatic heterocycles. The molecular formula is C8H4ClF3O2S. The highest BCUT2D eigenvalue weighted by atomic mass is 35.5. The van der Waals surface area contributed by atoms with Crippen LogP contribution in [0, 0.1) is 0 Å². The first-order chi connectivity index (χ1) is 6.79. The van der Waals surface area contributed by atoms with Gasteiger partial charge in [-0.15, -0.1) is 25.8 Å². The van der Waals surface area contributed by atoms with Crippen LogP contribution in [0.5, 0.6) is 5.75 Å². The summed E-state index contributed by atoms with van der Waals surface area (Å²) in [7, 11) is 0. The number of hydrogen-bond acceptors (Lipinski definition) is 3. The molecule has 82 valence electrons. The van der Waals surface area contributed by atoms with Gasteiger partial charge in [-0.2, -0.15) is 0 Å². The van der Waals surface area contributed by atoms with Gasteiger partial charge in [-0.05, 0) is 29.8 Å². The number of rotatable bonds is 2. The second kappa shape index (κ2) is 4.32. The van der Waals surface area contributed by atoms with Crippen LogP contribution >= 0.6 is 24.2 Å². The van der Waals surface area contributed by atoms with Gasteiger partial charge in [-0.1, -0.05) is 0 Å². The molecule has 0 N–H and O–H groups in total. The predicted octanol–water partition coefficient (Wildman–Crippen LogP) is 3.25. The maximum atomic E-state index is 11.8. The molecule has 15 heavy (non-hydrogen) atoms. The first-order valence-electron chi connectivity index (χ1n) is 3.58. The van der Waals surface area contributed by atoms with Gasteiger partial charge in [0, 0.05) is 10.5 Å². The molecule has 7 heteroatoms. The van der Waals surface area contributed by atoms with Crippen molar-refractivity contribution in [3.63, 3.8) is 0 Å². The van der Waals surface area contributed by atoms with Crippen LogP contribution in [-0.4, -0.2) is 11.6 Å². The Hall–Kier alpha value is -0.880. The standard InChI is InChI=1S/C8H4ClF3O2S/c9-7(13)4-1-2-5(6(15)3-4)14-8(10,11)12/h1-3,15H. The molecule has 0 spiro atoms. The van der Waals surface area contributed by atoms with E-state index in [1.54, 1.807) is 0 Å². The van der Waals surface area contributed by atoms with E-state index in [9.17, 15) is 18.0 Å². The van der Waals surface area contributed by atoms with Crippen molar-refractivity contribution < 1.29 is 22.7 Å². The van der Waals surface area contributed by atoms with Gasteiger partial charge in [0.15, 0.2) is 0 Å². The van der Waals surface area contributed by atoms with Crippen LogP contribution in [0.4, 0.5) is 13.2 Å². The molecule has 1 aromatic rings. The Morgan fingerprint density at radius 1 is 1.40 bits per heavy atom. The average Bonchev–Trinajstić information content (AvgIpc) is 2.05. The van der Waals surface area contributed by atoms with Gasteiger partial charge in [0.25, 0.3) is 5.24 Å². The summed E-state index contributed by atoms with van der Waals surface area (Å²) < 4.78 is 39.1. The van der Waals surface area contributed by atoms with Crippen LogP contribution in [0.15, 0.2) is 23.1 Å². The van der Waals surface area contributed by atoms with Crippen LogP contribution in [0.25, 0.3) is 0 Å². The van der Waals surface area contributed by atoms with Crippen molar-refractivity contribution in [2.24, 2.45) is 0 Å². The van der Waals surface area contributed by atoms with E-state index in [0.29, 0.717) is 0 Å². The predicted molar refractivity (Wildman–Crippen MR) is 50.6 cm³/mol. The molecule has 0 aliphatic heterocycles. The molecule has 0 heterocycles. The summed E-state index contributed by atoms with van der Waals surface area (Å²) in [6.07, 6.45) is -4.79. The van der Waals surface area contributed by atoms with Gasteiger partial charge in [0.2, 0.25) is 0 Å². The highest BCUT2D eigenvalue weighted by molar-refractivity contribution is 7.80. The van der Waals surface area contributed by atoms with Crippen molar-refractivity contribution in [1.82, 2.24) is 0 Å². The number of carbonyl (C=O) groups is 1. The molecule has 1 rings (SSSR count). The quantitative estimate of drug-likeness (QED) is 0.649. The minimum absolute atomic E-state index is 0.0520. The maximum absolute atomic E-state index is 11.8. The molecule has 0 saturated carbocycles. The highest BCUT2D eigenvalue weighted by Crippen LogP contribution is 2.29. The van der Waals surface area contributed by atoms with E-state index in [2.05, 4.69) is 17.4 Å². The van der Waals surface area contributed by atoms with Crippen LogP contribution in [0.2, 0.25) is 0 Å². The number of benzene rings is 1. The Balaban J connectivity index is 2.99. The molecule has 0 unspecified atom stereocenters. The molecule has 0 amide bonds. The summed E-state index contributed by atoms with van der Waals surface area (Å²) >= 11 is 8.86. The van der Waals surface area contributed by atoms with Crippen LogP contribution in [0.3, 0.4) is 0 Å². The molecular weight excluding hydrogens is 253 g/mol. The number of hydrogen-bond donors (Lipinski definition) is 1. The van der Waals surface area contributed by atoms with Crippen molar-refractivity contribution in [1.29, 1.82) is 0 Å². The Bertz CT molecular complexity index is 392. The Morgan fingerprint density at radius 3 is 2.40 bits per heavy atom. The zero-order valence-electron chi connectivity index (χ0n) is 7.01. The van der Waals surface area contributed by atoms with Crippen molar-refractivity contribution >= 4 is 29.5 Å². The molecule has 0 saturated heterocycles. The fraction of sp³-hybridized carbons (Fsp3) is 0.125. The van der Waals surface area contributed by atoms with Gasteiger partial charge in [-0.3, -0.25) is 4.79 Å². The maximum Gasteiger partial charge on any atom is 0.573 e. The third-order valence-electron chi connectivity index (χ3n) is 1.41. The fourth-order valence-corrected chi connectivity index (χ4v) is 1.23. The molecule has 0 bridgehead atoms. The minimum Gasteiger partial charge on any atom is -0.405 e. The van der Waals surface area contributed by atoms with Gasteiger partial charge in [0.1, 0.15) is 5.75 Å². The van der Waals surface area contributed by atoms with Crippen LogP contribution in [-0.2, 0) is 0 Å². The van der Waals surface area contributed by atoms with Crippen molar-refractivity contribution in [3.05, 3.63) is 23.8 Å². The fourth-order valence-electron chi connectivity index (χ4n) is 0.851. The summed E-state index contributed by atoms with van der Waals surface area (Å²) in [5.74, 6) is -0.479. The zero-order valence-corrected chi connectivity index (χ0v) is 8.66.